The Morgan fingerprint density at radius 2 is 1.87 bits per heavy atom. The molecule has 0 aliphatic carbocycles. The molecule has 0 aliphatic heterocycles. The molecule has 7 heteroatoms. The van der Waals surface area contributed by atoms with E-state index in [2.05, 4.69) is 5.32 Å². The molecule has 2 aromatic carbocycles. The molecule has 0 bridgehead atoms. The average molecular weight is 344 g/mol. The molecule has 1 amide bonds. The molecule has 0 aromatic heterocycles. The zero-order valence-corrected chi connectivity index (χ0v) is 12.5. The van der Waals surface area contributed by atoms with Crippen LogP contribution in [0.5, 0.6) is 0 Å². The number of hydrogen-bond donors (Lipinski definition) is 2. The van der Waals surface area contributed by atoms with Crippen molar-refractivity contribution in [2.24, 2.45) is 0 Å². The van der Waals surface area contributed by atoms with Crippen molar-refractivity contribution in [3.05, 3.63) is 70.2 Å². The molecular weight excluding hydrogens is 331 g/mol. The second kappa shape index (κ2) is 7.02. The fourth-order valence-corrected chi connectivity index (χ4v) is 2.19. The quantitative estimate of drug-likeness (QED) is 0.886. The van der Waals surface area contributed by atoms with Crippen LogP contribution in [0.2, 0.25) is 5.02 Å². The summed E-state index contributed by atoms with van der Waals surface area (Å²) in [5.74, 6) is -0.512. The van der Waals surface area contributed by atoms with Crippen molar-refractivity contribution < 1.29 is 23.1 Å². The first-order valence-corrected chi connectivity index (χ1v) is 7.05. The van der Waals surface area contributed by atoms with E-state index in [0.717, 1.165) is 12.1 Å². The molecule has 2 N–H and O–H groups in total. The first-order chi connectivity index (χ1) is 10.8. The summed E-state index contributed by atoms with van der Waals surface area (Å²) in [7, 11) is 0. The summed E-state index contributed by atoms with van der Waals surface area (Å²) in [6, 6.07) is 10.7. The summed E-state index contributed by atoms with van der Waals surface area (Å²) >= 11 is 5.87. The van der Waals surface area contributed by atoms with Crippen molar-refractivity contribution in [2.75, 3.05) is 6.54 Å². The summed E-state index contributed by atoms with van der Waals surface area (Å²) in [5.41, 5.74) is -0.559. The zero-order chi connectivity index (χ0) is 17.0. The van der Waals surface area contributed by atoms with Crippen LogP contribution in [0.1, 0.15) is 27.6 Å². The van der Waals surface area contributed by atoms with Gasteiger partial charge in [0.25, 0.3) is 5.91 Å². The predicted octanol–water partition coefficient (Wildman–Crippen LogP) is 3.82. The van der Waals surface area contributed by atoms with Crippen molar-refractivity contribution in [2.45, 2.75) is 12.3 Å². The highest BCUT2D eigenvalue weighted by atomic mass is 35.5. The Labute approximate surface area is 135 Å². The minimum Gasteiger partial charge on any atom is -0.387 e. The van der Waals surface area contributed by atoms with Gasteiger partial charge in [-0.2, -0.15) is 13.2 Å². The molecule has 0 heterocycles. The fraction of sp³-hybridized carbons (Fsp3) is 0.188. The lowest BCUT2D eigenvalue weighted by Crippen LogP contribution is -2.28. The third-order valence-corrected chi connectivity index (χ3v) is 3.50. The number of rotatable bonds is 4. The van der Waals surface area contributed by atoms with Gasteiger partial charge in [0.05, 0.1) is 22.3 Å². The van der Waals surface area contributed by atoms with Crippen LogP contribution in [0.15, 0.2) is 48.5 Å². The Hall–Kier alpha value is -2.05. The number of carbonyl (C=O) groups excluding carboxylic acids is 1. The highest BCUT2D eigenvalue weighted by Crippen LogP contribution is 2.30. The highest BCUT2D eigenvalue weighted by Gasteiger charge is 2.30. The second-order valence-electron chi connectivity index (χ2n) is 4.83. The third-order valence-electron chi connectivity index (χ3n) is 3.17. The van der Waals surface area contributed by atoms with Gasteiger partial charge in [-0.05, 0) is 29.8 Å². The molecule has 0 saturated heterocycles. The van der Waals surface area contributed by atoms with Crippen molar-refractivity contribution in [1.29, 1.82) is 0 Å². The van der Waals surface area contributed by atoms with Gasteiger partial charge in [-0.15, -0.1) is 0 Å². The lowest BCUT2D eigenvalue weighted by molar-refractivity contribution is -0.137. The van der Waals surface area contributed by atoms with Gasteiger partial charge in [0.1, 0.15) is 0 Å². The Morgan fingerprint density at radius 3 is 2.52 bits per heavy atom. The summed E-state index contributed by atoms with van der Waals surface area (Å²) in [4.78, 5) is 11.9. The summed E-state index contributed by atoms with van der Waals surface area (Å²) in [5, 5.41) is 12.7. The first-order valence-electron chi connectivity index (χ1n) is 6.67. The smallest absolute Gasteiger partial charge is 0.387 e. The summed E-state index contributed by atoms with van der Waals surface area (Å²) in [6.45, 7) is -0.231. The Morgan fingerprint density at radius 1 is 1.17 bits per heavy atom. The number of halogens is 4. The maximum Gasteiger partial charge on any atom is 0.416 e. The molecule has 23 heavy (non-hydrogen) atoms. The summed E-state index contributed by atoms with van der Waals surface area (Å²) < 4.78 is 37.9. The van der Waals surface area contributed by atoms with E-state index in [1.165, 1.54) is 18.2 Å². The van der Waals surface area contributed by atoms with Crippen molar-refractivity contribution >= 4 is 17.5 Å². The second-order valence-corrected chi connectivity index (χ2v) is 5.24. The lowest BCUT2D eigenvalue weighted by atomic mass is 10.1. The SMILES string of the molecule is O=C(NC[C@@H](O)c1cccc(C(F)(F)F)c1)c1ccccc1Cl. The topological polar surface area (TPSA) is 49.3 Å². The van der Waals surface area contributed by atoms with Crippen LogP contribution in [-0.2, 0) is 6.18 Å². The largest absolute Gasteiger partial charge is 0.416 e. The van der Waals surface area contributed by atoms with Crippen molar-refractivity contribution in [1.82, 2.24) is 5.32 Å². The normalized spacial score (nSPS) is 12.7. The van der Waals surface area contributed by atoms with Crippen LogP contribution in [-0.4, -0.2) is 17.6 Å². The average Bonchev–Trinajstić information content (AvgIpc) is 2.52. The maximum absolute atomic E-state index is 12.6. The Bertz CT molecular complexity index is 704. The van der Waals surface area contributed by atoms with Gasteiger partial charge in [-0.25, -0.2) is 0 Å². The minimum absolute atomic E-state index is 0.0688. The van der Waals surface area contributed by atoms with E-state index in [1.807, 2.05) is 0 Å². The van der Waals surface area contributed by atoms with E-state index in [1.54, 1.807) is 18.2 Å². The molecule has 2 aromatic rings. The Kier molecular flexibility index (Phi) is 5.28. The van der Waals surface area contributed by atoms with Gasteiger partial charge < -0.3 is 10.4 Å². The van der Waals surface area contributed by atoms with Gasteiger partial charge in [-0.3, -0.25) is 4.79 Å². The lowest BCUT2D eigenvalue weighted by Gasteiger charge is -2.15. The summed E-state index contributed by atoms with van der Waals surface area (Å²) in [6.07, 6.45) is -5.75. The third kappa shape index (κ3) is 4.46. The van der Waals surface area contributed by atoms with Crippen LogP contribution in [0, 0.1) is 0 Å². The van der Waals surface area contributed by atoms with Gasteiger partial charge in [0, 0.05) is 6.54 Å². The van der Waals surface area contributed by atoms with Gasteiger partial charge >= 0.3 is 6.18 Å². The molecular formula is C16H13ClF3NO2. The van der Waals surface area contributed by atoms with Gasteiger partial charge in [-0.1, -0.05) is 35.9 Å². The minimum atomic E-state index is -4.49. The molecule has 122 valence electrons. The maximum atomic E-state index is 12.6. The molecule has 0 spiro atoms. The van der Waals surface area contributed by atoms with Crippen molar-refractivity contribution in [3.63, 3.8) is 0 Å². The Balaban J connectivity index is 2.04. The number of aliphatic hydroxyl groups excluding tert-OH is 1. The van der Waals surface area contributed by atoms with E-state index in [0.29, 0.717) is 0 Å². The van der Waals surface area contributed by atoms with E-state index in [-0.39, 0.29) is 22.7 Å². The number of hydrogen-bond acceptors (Lipinski definition) is 2. The number of aliphatic hydroxyl groups is 1. The number of amides is 1. The van der Waals surface area contributed by atoms with Crippen LogP contribution >= 0.6 is 11.6 Å². The van der Waals surface area contributed by atoms with Crippen LogP contribution in [0.4, 0.5) is 13.2 Å². The molecule has 1 atom stereocenters. The number of carbonyl (C=O) groups is 1. The first kappa shape index (κ1) is 17.3. The predicted molar refractivity (Wildman–Crippen MR) is 80.2 cm³/mol. The van der Waals surface area contributed by atoms with Gasteiger partial charge in [0.2, 0.25) is 0 Å². The molecule has 0 aliphatic rings. The molecule has 0 radical (unpaired) electrons. The number of nitrogens with one attached hydrogen (secondary N) is 1. The standard InChI is InChI=1S/C16H13ClF3NO2/c17-13-7-2-1-6-12(13)15(23)21-9-14(22)10-4-3-5-11(8-10)16(18,19)20/h1-8,14,22H,9H2,(H,21,23)/t14-/m1/s1. The van der Waals surface area contributed by atoms with E-state index < -0.39 is 23.8 Å². The zero-order valence-electron chi connectivity index (χ0n) is 11.8. The highest BCUT2D eigenvalue weighted by molar-refractivity contribution is 6.33. The van der Waals surface area contributed by atoms with E-state index >= 15 is 0 Å². The molecule has 0 saturated carbocycles. The monoisotopic (exact) mass is 343 g/mol. The van der Waals surface area contributed by atoms with Crippen LogP contribution in [0.25, 0.3) is 0 Å². The van der Waals surface area contributed by atoms with Gasteiger partial charge in [0.15, 0.2) is 0 Å². The number of benzene rings is 2. The molecule has 0 fully saturated rings. The molecule has 3 nitrogen and oxygen atoms in total. The molecule has 2 rings (SSSR count). The van der Waals surface area contributed by atoms with Crippen LogP contribution in [0.3, 0.4) is 0 Å². The number of alkyl halides is 3. The molecule has 0 unspecified atom stereocenters. The fourth-order valence-electron chi connectivity index (χ4n) is 1.97. The van der Waals surface area contributed by atoms with E-state index in [9.17, 15) is 23.1 Å². The van der Waals surface area contributed by atoms with E-state index in [4.69, 9.17) is 11.6 Å². The van der Waals surface area contributed by atoms with Crippen molar-refractivity contribution in [3.8, 4) is 0 Å². The van der Waals surface area contributed by atoms with Crippen LogP contribution < -0.4 is 5.32 Å².